The van der Waals surface area contributed by atoms with Crippen molar-refractivity contribution in [3.8, 4) is 0 Å². The minimum atomic E-state index is -0.525. The highest BCUT2D eigenvalue weighted by Crippen LogP contribution is 2.30. The lowest BCUT2D eigenvalue weighted by molar-refractivity contribution is 0.148. The van der Waals surface area contributed by atoms with E-state index in [0.29, 0.717) is 13.0 Å². The second kappa shape index (κ2) is 8.70. The Hall–Kier alpha value is -0.520. The molecule has 0 amide bonds. The molecule has 0 aliphatic heterocycles. The van der Waals surface area contributed by atoms with Crippen LogP contribution in [0.3, 0.4) is 0 Å². The SMILES string of the molecule is CCCNC(CC(C)COC)c1c(F)ccc(Br)c1F. The van der Waals surface area contributed by atoms with Crippen LogP contribution in [0.15, 0.2) is 16.6 Å². The zero-order chi connectivity index (χ0) is 15.1. The third-order valence-electron chi connectivity index (χ3n) is 3.16. The average molecular weight is 350 g/mol. The maximum atomic E-state index is 14.2. The summed E-state index contributed by atoms with van der Waals surface area (Å²) in [6.07, 6.45) is 1.53. The number of nitrogens with one attached hydrogen (secondary N) is 1. The molecule has 0 aliphatic carbocycles. The van der Waals surface area contributed by atoms with Crippen molar-refractivity contribution in [1.82, 2.24) is 5.32 Å². The summed E-state index contributed by atoms with van der Waals surface area (Å²) in [7, 11) is 1.63. The molecule has 0 saturated carbocycles. The Morgan fingerprint density at radius 1 is 1.35 bits per heavy atom. The fraction of sp³-hybridized carbons (Fsp3) is 0.600. The first-order valence-corrected chi connectivity index (χ1v) is 7.66. The first kappa shape index (κ1) is 17.5. The van der Waals surface area contributed by atoms with Crippen molar-refractivity contribution in [2.45, 2.75) is 32.7 Å². The molecule has 1 aromatic rings. The van der Waals surface area contributed by atoms with Crippen LogP contribution in [-0.2, 0) is 4.74 Å². The summed E-state index contributed by atoms with van der Waals surface area (Å²) in [6, 6.07) is 2.34. The second-order valence-corrected chi connectivity index (χ2v) is 5.91. The van der Waals surface area contributed by atoms with Crippen LogP contribution in [0.25, 0.3) is 0 Å². The van der Waals surface area contributed by atoms with Crippen molar-refractivity contribution in [2.75, 3.05) is 20.3 Å². The van der Waals surface area contributed by atoms with E-state index in [9.17, 15) is 8.78 Å². The summed E-state index contributed by atoms with van der Waals surface area (Å²) in [5, 5.41) is 3.23. The van der Waals surface area contributed by atoms with E-state index in [1.54, 1.807) is 7.11 Å². The van der Waals surface area contributed by atoms with Crippen LogP contribution >= 0.6 is 15.9 Å². The van der Waals surface area contributed by atoms with E-state index >= 15 is 0 Å². The maximum Gasteiger partial charge on any atom is 0.145 e. The van der Waals surface area contributed by atoms with Crippen LogP contribution in [0.4, 0.5) is 8.78 Å². The highest BCUT2D eigenvalue weighted by atomic mass is 79.9. The van der Waals surface area contributed by atoms with E-state index in [0.717, 1.165) is 13.0 Å². The molecule has 114 valence electrons. The Morgan fingerprint density at radius 3 is 2.65 bits per heavy atom. The van der Waals surface area contributed by atoms with Crippen molar-refractivity contribution in [3.05, 3.63) is 33.8 Å². The van der Waals surface area contributed by atoms with Crippen LogP contribution in [-0.4, -0.2) is 20.3 Å². The summed E-state index contributed by atoms with van der Waals surface area (Å²) in [5.74, 6) is -0.820. The van der Waals surface area contributed by atoms with Crippen molar-refractivity contribution in [1.29, 1.82) is 0 Å². The molecule has 2 atom stereocenters. The van der Waals surface area contributed by atoms with Gasteiger partial charge < -0.3 is 10.1 Å². The average Bonchev–Trinajstić information content (AvgIpc) is 2.40. The Bertz CT molecular complexity index is 429. The lowest BCUT2D eigenvalue weighted by atomic mass is 9.95. The van der Waals surface area contributed by atoms with Gasteiger partial charge in [-0.15, -0.1) is 0 Å². The third-order valence-corrected chi connectivity index (χ3v) is 3.77. The van der Waals surface area contributed by atoms with Crippen molar-refractivity contribution in [3.63, 3.8) is 0 Å². The normalized spacial score (nSPS) is 14.3. The Kier molecular flexibility index (Phi) is 7.62. The summed E-state index contributed by atoms with van der Waals surface area (Å²) in [4.78, 5) is 0. The van der Waals surface area contributed by atoms with Gasteiger partial charge in [0.05, 0.1) is 4.47 Å². The summed E-state index contributed by atoms with van der Waals surface area (Å²) >= 11 is 3.12. The Morgan fingerprint density at radius 2 is 2.05 bits per heavy atom. The fourth-order valence-electron chi connectivity index (χ4n) is 2.24. The molecule has 0 bridgehead atoms. The van der Waals surface area contributed by atoms with Gasteiger partial charge in [0.2, 0.25) is 0 Å². The zero-order valence-corrected chi connectivity index (χ0v) is 13.8. The van der Waals surface area contributed by atoms with E-state index < -0.39 is 11.6 Å². The first-order valence-electron chi connectivity index (χ1n) is 6.86. The van der Waals surface area contributed by atoms with Crippen LogP contribution < -0.4 is 5.32 Å². The standard InChI is InChI=1S/C15H22BrF2NO/c1-4-7-19-13(8-10(2)9-20-3)14-12(17)6-5-11(16)15(14)18/h5-6,10,13,19H,4,7-9H2,1-3H3. The Labute approximate surface area is 128 Å². The van der Waals surface area contributed by atoms with Gasteiger partial charge in [0.25, 0.3) is 0 Å². The predicted molar refractivity (Wildman–Crippen MR) is 80.7 cm³/mol. The van der Waals surface area contributed by atoms with Crippen molar-refractivity contribution < 1.29 is 13.5 Å². The molecule has 0 aromatic heterocycles. The minimum Gasteiger partial charge on any atom is -0.384 e. The second-order valence-electron chi connectivity index (χ2n) is 5.06. The van der Waals surface area contributed by atoms with Gasteiger partial charge >= 0.3 is 0 Å². The zero-order valence-electron chi connectivity index (χ0n) is 12.2. The minimum absolute atomic E-state index is 0.107. The Balaban J connectivity index is 3.00. The van der Waals surface area contributed by atoms with Crippen LogP contribution in [0, 0.1) is 17.6 Å². The molecular formula is C15H22BrF2NO. The van der Waals surface area contributed by atoms with E-state index in [-0.39, 0.29) is 22.0 Å². The summed E-state index contributed by atoms with van der Waals surface area (Å²) in [6.45, 7) is 5.32. The molecule has 0 saturated heterocycles. The van der Waals surface area contributed by atoms with Gasteiger partial charge in [0.1, 0.15) is 11.6 Å². The van der Waals surface area contributed by atoms with Gasteiger partial charge in [-0.1, -0.05) is 13.8 Å². The molecule has 1 rings (SSSR count). The first-order chi connectivity index (χ1) is 9.51. The van der Waals surface area contributed by atoms with E-state index in [1.807, 2.05) is 13.8 Å². The molecule has 0 radical (unpaired) electrons. The molecule has 0 fully saturated rings. The van der Waals surface area contributed by atoms with Crippen molar-refractivity contribution >= 4 is 15.9 Å². The number of hydrogen-bond acceptors (Lipinski definition) is 2. The van der Waals surface area contributed by atoms with Gasteiger partial charge in [-0.3, -0.25) is 0 Å². The molecule has 0 heterocycles. The van der Waals surface area contributed by atoms with Gasteiger partial charge in [0, 0.05) is 25.3 Å². The van der Waals surface area contributed by atoms with Crippen LogP contribution in [0.2, 0.25) is 0 Å². The van der Waals surface area contributed by atoms with Crippen LogP contribution in [0.5, 0.6) is 0 Å². The highest BCUT2D eigenvalue weighted by Gasteiger charge is 2.23. The topological polar surface area (TPSA) is 21.3 Å². The lowest BCUT2D eigenvalue weighted by Gasteiger charge is -2.23. The third kappa shape index (κ3) is 4.79. The van der Waals surface area contributed by atoms with Crippen molar-refractivity contribution in [2.24, 2.45) is 5.92 Å². The van der Waals surface area contributed by atoms with E-state index in [2.05, 4.69) is 21.2 Å². The fourth-order valence-corrected chi connectivity index (χ4v) is 2.58. The maximum absolute atomic E-state index is 14.2. The molecular weight excluding hydrogens is 328 g/mol. The van der Waals surface area contributed by atoms with Gasteiger partial charge in [-0.05, 0) is 53.4 Å². The van der Waals surface area contributed by atoms with E-state index in [1.165, 1.54) is 12.1 Å². The summed E-state index contributed by atoms with van der Waals surface area (Å²) < 4.78 is 33.6. The molecule has 0 spiro atoms. The highest BCUT2D eigenvalue weighted by molar-refractivity contribution is 9.10. The molecule has 1 aromatic carbocycles. The van der Waals surface area contributed by atoms with E-state index in [4.69, 9.17) is 4.74 Å². The van der Waals surface area contributed by atoms with Gasteiger partial charge in [0.15, 0.2) is 0 Å². The smallest absolute Gasteiger partial charge is 0.145 e. The van der Waals surface area contributed by atoms with Crippen LogP contribution in [0.1, 0.15) is 38.3 Å². The number of benzene rings is 1. The van der Waals surface area contributed by atoms with Gasteiger partial charge in [-0.2, -0.15) is 0 Å². The molecule has 5 heteroatoms. The lowest BCUT2D eigenvalue weighted by Crippen LogP contribution is -2.27. The number of methoxy groups -OCH3 is 1. The molecule has 2 unspecified atom stereocenters. The summed E-state index contributed by atoms with van der Waals surface area (Å²) in [5.41, 5.74) is 0.107. The molecule has 0 aliphatic rings. The number of hydrogen-bond donors (Lipinski definition) is 1. The van der Waals surface area contributed by atoms with Gasteiger partial charge in [-0.25, -0.2) is 8.78 Å². The number of halogens is 3. The number of ether oxygens (including phenoxy) is 1. The number of rotatable bonds is 8. The molecule has 2 nitrogen and oxygen atoms in total. The monoisotopic (exact) mass is 349 g/mol. The molecule has 20 heavy (non-hydrogen) atoms. The predicted octanol–water partition coefficient (Wildman–Crippen LogP) is 4.44. The molecule has 1 N–H and O–H groups in total. The quantitative estimate of drug-likeness (QED) is 0.700. The largest absolute Gasteiger partial charge is 0.384 e.